The van der Waals surface area contributed by atoms with Gasteiger partial charge in [-0.25, -0.2) is 13.8 Å². The van der Waals surface area contributed by atoms with Crippen molar-refractivity contribution >= 4 is 22.6 Å². The van der Waals surface area contributed by atoms with Gasteiger partial charge in [0.05, 0.1) is 18.2 Å². The van der Waals surface area contributed by atoms with E-state index in [1.165, 1.54) is 25.4 Å². The number of hydrogen-bond donors (Lipinski definition) is 2. The Balaban J connectivity index is 1.91. The van der Waals surface area contributed by atoms with Crippen LogP contribution in [0.3, 0.4) is 0 Å². The molecule has 0 spiro atoms. The minimum atomic E-state index is -1.03. The summed E-state index contributed by atoms with van der Waals surface area (Å²) in [4.78, 5) is 30.3. The maximum absolute atomic E-state index is 13.5. The third-order valence-corrected chi connectivity index (χ3v) is 4.59. The van der Waals surface area contributed by atoms with E-state index in [0.717, 1.165) is 16.7 Å². The Kier molecular flexibility index (Phi) is 5.08. The summed E-state index contributed by atoms with van der Waals surface area (Å²) in [5.74, 6) is -2.87. The molecule has 31 heavy (non-hydrogen) atoms. The van der Waals surface area contributed by atoms with Crippen LogP contribution in [0.2, 0.25) is 0 Å². The monoisotopic (exact) mass is 423 g/mol. The molecule has 7 nitrogen and oxygen atoms in total. The smallest absolute Gasteiger partial charge is 0.273 e. The summed E-state index contributed by atoms with van der Waals surface area (Å²) in [5, 5.41) is 13.1. The number of halogens is 2. The zero-order chi connectivity index (χ0) is 22.1. The first-order chi connectivity index (χ1) is 14.9. The van der Waals surface area contributed by atoms with Gasteiger partial charge < -0.3 is 15.2 Å². The largest absolute Gasteiger partial charge is 0.506 e. The van der Waals surface area contributed by atoms with E-state index in [-0.39, 0.29) is 16.7 Å². The second kappa shape index (κ2) is 7.86. The van der Waals surface area contributed by atoms with E-state index in [1.807, 2.05) is 0 Å². The number of benzene rings is 2. The van der Waals surface area contributed by atoms with E-state index in [1.54, 1.807) is 24.3 Å². The number of methoxy groups -OCH3 is 1. The summed E-state index contributed by atoms with van der Waals surface area (Å²) in [6.45, 7) is 0. The zero-order valence-corrected chi connectivity index (χ0v) is 16.1. The predicted molar refractivity (Wildman–Crippen MR) is 110 cm³/mol. The lowest BCUT2D eigenvalue weighted by Crippen LogP contribution is -2.29. The van der Waals surface area contributed by atoms with Crippen LogP contribution in [0.5, 0.6) is 11.5 Å². The van der Waals surface area contributed by atoms with E-state index in [9.17, 15) is 23.5 Å². The van der Waals surface area contributed by atoms with Gasteiger partial charge in [-0.3, -0.25) is 14.2 Å². The molecule has 156 valence electrons. The molecule has 2 aromatic carbocycles. The van der Waals surface area contributed by atoms with Gasteiger partial charge in [0.25, 0.3) is 11.5 Å². The highest BCUT2D eigenvalue weighted by Crippen LogP contribution is 2.28. The predicted octanol–water partition coefficient (Wildman–Crippen LogP) is 3.63. The topological polar surface area (TPSA) is 93.5 Å². The maximum atomic E-state index is 13.5. The maximum Gasteiger partial charge on any atom is 0.273 e. The van der Waals surface area contributed by atoms with Gasteiger partial charge in [0.15, 0.2) is 5.65 Å². The van der Waals surface area contributed by atoms with Crippen molar-refractivity contribution in [3.8, 4) is 17.2 Å². The van der Waals surface area contributed by atoms with Gasteiger partial charge in [0.1, 0.15) is 28.7 Å². The van der Waals surface area contributed by atoms with Crippen LogP contribution in [0.1, 0.15) is 10.4 Å². The Morgan fingerprint density at radius 2 is 1.77 bits per heavy atom. The molecule has 4 aromatic rings. The van der Waals surface area contributed by atoms with Crippen LogP contribution in [0.15, 0.2) is 65.6 Å². The molecular weight excluding hydrogens is 408 g/mol. The minimum absolute atomic E-state index is 0.128. The number of nitrogens with one attached hydrogen (secondary N) is 1. The van der Waals surface area contributed by atoms with Gasteiger partial charge in [-0.05, 0) is 48.5 Å². The Hall–Kier alpha value is -4.27. The molecule has 0 saturated carbocycles. The second-order valence-electron chi connectivity index (χ2n) is 6.55. The average Bonchev–Trinajstić information content (AvgIpc) is 2.73. The average molecular weight is 423 g/mol. The van der Waals surface area contributed by atoms with Gasteiger partial charge >= 0.3 is 0 Å². The van der Waals surface area contributed by atoms with Crippen molar-refractivity contribution in [3.63, 3.8) is 0 Å². The first-order valence-electron chi connectivity index (χ1n) is 9.03. The van der Waals surface area contributed by atoms with Gasteiger partial charge in [0, 0.05) is 18.0 Å². The van der Waals surface area contributed by atoms with Gasteiger partial charge in [0.2, 0.25) is 0 Å². The van der Waals surface area contributed by atoms with Crippen LogP contribution in [0.4, 0.5) is 14.5 Å². The molecule has 0 fully saturated rings. The van der Waals surface area contributed by atoms with E-state index < -0.39 is 34.4 Å². The van der Waals surface area contributed by atoms with E-state index in [0.29, 0.717) is 17.5 Å². The van der Waals surface area contributed by atoms with E-state index >= 15 is 0 Å². The van der Waals surface area contributed by atoms with Crippen LogP contribution >= 0.6 is 0 Å². The Morgan fingerprint density at radius 1 is 1.10 bits per heavy atom. The molecule has 0 radical (unpaired) electrons. The number of anilines is 1. The van der Waals surface area contributed by atoms with Crippen LogP contribution in [0, 0.1) is 11.6 Å². The molecule has 0 aliphatic carbocycles. The quantitative estimate of drug-likeness (QED) is 0.523. The van der Waals surface area contributed by atoms with Crippen molar-refractivity contribution in [3.05, 3.63) is 88.3 Å². The van der Waals surface area contributed by atoms with Crippen LogP contribution in [0.25, 0.3) is 16.7 Å². The number of rotatable bonds is 4. The number of amides is 1. The molecule has 4 rings (SSSR count). The number of pyridine rings is 2. The first-order valence-corrected chi connectivity index (χ1v) is 9.03. The van der Waals surface area contributed by atoms with Crippen molar-refractivity contribution in [1.29, 1.82) is 0 Å². The number of carbonyl (C=O) groups is 1. The third kappa shape index (κ3) is 3.68. The molecule has 0 aliphatic heterocycles. The lowest BCUT2D eigenvalue weighted by molar-refractivity contribution is 0.102. The summed E-state index contributed by atoms with van der Waals surface area (Å²) in [5.41, 5.74) is -1.16. The number of fused-ring (bicyclic) bond motifs is 1. The summed E-state index contributed by atoms with van der Waals surface area (Å²) >= 11 is 0. The standard InChI is InChI=1S/C22H15F2N3O4/c1-31-16-6-4-15(5-7-16)27-20-17(3-2-8-25-20)19(28)18(22(27)30)21(29)26-14-10-12(23)9-13(24)11-14/h2-11,28H,1H3,(H,26,29). The Bertz CT molecular complexity index is 1350. The molecule has 1 amide bonds. The first kappa shape index (κ1) is 20.0. The zero-order valence-electron chi connectivity index (χ0n) is 16.1. The van der Waals surface area contributed by atoms with E-state index in [4.69, 9.17) is 4.74 Å². The highest BCUT2D eigenvalue weighted by atomic mass is 19.1. The minimum Gasteiger partial charge on any atom is -0.506 e. The van der Waals surface area contributed by atoms with Crippen LogP contribution < -0.4 is 15.6 Å². The number of aromatic nitrogens is 2. The van der Waals surface area contributed by atoms with E-state index in [2.05, 4.69) is 10.3 Å². The normalized spacial score (nSPS) is 10.8. The summed E-state index contributed by atoms with van der Waals surface area (Å²) in [6, 6.07) is 11.9. The lowest BCUT2D eigenvalue weighted by atomic mass is 10.1. The summed E-state index contributed by atoms with van der Waals surface area (Å²) in [6.07, 6.45) is 1.44. The highest BCUT2D eigenvalue weighted by Gasteiger charge is 2.24. The molecule has 0 bridgehead atoms. The van der Waals surface area contributed by atoms with Crippen molar-refractivity contribution in [2.24, 2.45) is 0 Å². The Morgan fingerprint density at radius 3 is 2.42 bits per heavy atom. The van der Waals surface area contributed by atoms with Crippen molar-refractivity contribution in [2.75, 3.05) is 12.4 Å². The van der Waals surface area contributed by atoms with Crippen LogP contribution in [-0.2, 0) is 0 Å². The number of hydrogen-bond acceptors (Lipinski definition) is 5. The fourth-order valence-corrected chi connectivity index (χ4v) is 3.20. The number of aromatic hydroxyl groups is 1. The van der Waals surface area contributed by atoms with Crippen molar-refractivity contribution in [1.82, 2.24) is 9.55 Å². The molecule has 2 heterocycles. The van der Waals surface area contributed by atoms with Crippen molar-refractivity contribution in [2.45, 2.75) is 0 Å². The molecule has 0 unspecified atom stereocenters. The van der Waals surface area contributed by atoms with Gasteiger partial charge in [-0.15, -0.1) is 0 Å². The summed E-state index contributed by atoms with van der Waals surface area (Å²) in [7, 11) is 1.50. The molecular formula is C22H15F2N3O4. The SMILES string of the molecule is COc1ccc(-n2c(=O)c(C(=O)Nc3cc(F)cc(F)c3)c(O)c3cccnc32)cc1. The third-order valence-electron chi connectivity index (χ3n) is 4.59. The lowest BCUT2D eigenvalue weighted by Gasteiger charge is -2.14. The fourth-order valence-electron chi connectivity index (χ4n) is 3.20. The molecule has 0 aliphatic rings. The molecule has 2 N–H and O–H groups in total. The van der Waals surface area contributed by atoms with Crippen molar-refractivity contribution < 1.29 is 23.4 Å². The molecule has 2 aromatic heterocycles. The van der Waals surface area contributed by atoms with Crippen LogP contribution in [-0.4, -0.2) is 27.7 Å². The molecule has 0 saturated heterocycles. The highest BCUT2D eigenvalue weighted by molar-refractivity contribution is 6.09. The number of carbonyl (C=O) groups excluding carboxylic acids is 1. The second-order valence-corrected chi connectivity index (χ2v) is 6.55. The summed E-state index contributed by atoms with van der Waals surface area (Å²) < 4.78 is 33.2. The van der Waals surface area contributed by atoms with Gasteiger partial charge in [-0.2, -0.15) is 0 Å². The fraction of sp³-hybridized carbons (Fsp3) is 0.0455. The molecule has 0 atom stereocenters. The molecule has 9 heteroatoms. The Labute approximate surface area is 174 Å². The number of nitrogens with zero attached hydrogens (tertiary/aromatic N) is 2. The number of ether oxygens (including phenoxy) is 1. The van der Waals surface area contributed by atoms with Gasteiger partial charge in [-0.1, -0.05) is 0 Å².